The summed E-state index contributed by atoms with van der Waals surface area (Å²) in [4.78, 5) is 0. The van der Waals surface area contributed by atoms with Crippen LogP contribution in [0.4, 0.5) is 4.39 Å². The van der Waals surface area contributed by atoms with E-state index in [2.05, 4.69) is 31.2 Å². The van der Waals surface area contributed by atoms with Gasteiger partial charge in [-0.15, -0.1) is 0 Å². The van der Waals surface area contributed by atoms with Gasteiger partial charge in [0.15, 0.2) is 5.83 Å². The summed E-state index contributed by atoms with van der Waals surface area (Å²) in [5, 5.41) is 8.54. The Kier molecular flexibility index (Phi) is 7.47. The Bertz CT molecular complexity index is 644. The molecule has 0 radical (unpaired) electrons. The van der Waals surface area contributed by atoms with Crippen molar-refractivity contribution in [3.63, 3.8) is 0 Å². The van der Waals surface area contributed by atoms with Gasteiger partial charge in [0.1, 0.15) is 6.07 Å². The average molecular weight is 370 g/mol. The zero-order valence-electron chi connectivity index (χ0n) is 16.5. The van der Waals surface area contributed by atoms with E-state index in [1.165, 1.54) is 42.9 Å². The van der Waals surface area contributed by atoms with Gasteiger partial charge in [-0.3, -0.25) is 0 Å². The van der Waals surface area contributed by atoms with E-state index in [9.17, 15) is 4.39 Å². The van der Waals surface area contributed by atoms with Crippen LogP contribution in [0.3, 0.4) is 0 Å². The second-order valence-corrected chi connectivity index (χ2v) is 8.31. The van der Waals surface area contributed by atoms with E-state index in [4.69, 9.17) is 10.00 Å². The molecule has 0 aliphatic heterocycles. The minimum Gasteiger partial charge on any atom is -0.378 e. The molecule has 0 N–H and O–H groups in total. The maximum absolute atomic E-state index is 13.1. The van der Waals surface area contributed by atoms with Gasteiger partial charge in [0, 0.05) is 6.61 Å². The number of hydrogen-bond donors (Lipinski definition) is 0. The average Bonchev–Trinajstić information content (AvgIpc) is 2.73. The number of rotatable bonds is 6. The van der Waals surface area contributed by atoms with Crippen molar-refractivity contribution < 1.29 is 9.13 Å². The highest BCUT2D eigenvalue weighted by Crippen LogP contribution is 2.36. The molecule has 3 rings (SSSR count). The number of halogens is 1. The molecule has 2 nitrogen and oxygen atoms in total. The fraction of sp³-hybridized carbons (Fsp3) is 0.625. The highest BCUT2D eigenvalue weighted by Gasteiger charge is 2.25. The molecule has 0 bridgehead atoms. The molecule has 1 aromatic carbocycles. The Morgan fingerprint density at radius 3 is 2.33 bits per heavy atom. The quantitative estimate of drug-likeness (QED) is 0.538. The lowest BCUT2D eigenvalue weighted by atomic mass is 9.79. The Labute approximate surface area is 163 Å². The van der Waals surface area contributed by atoms with Crippen molar-refractivity contribution in [3.05, 3.63) is 47.3 Å². The van der Waals surface area contributed by atoms with Gasteiger partial charge in [-0.05, 0) is 92.7 Å². The molecule has 2 saturated carbocycles. The molecule has 2 aliphatic carbocycles. The minimum absolute atomic E-state index is 0.207. The summed E-state index contributed by atoms with van der Waals surface area (Å²) in [6, 6.07) is 10.8. The molecule has 27 heavy (non-hydrogen) atoms. The molecule has 0 atom stereocenters. The van der Waals surface area contributed by atoms with Gasteiger partial charge in [-0.2, -0.15) is 9.65 Å². The fourth-order valence-electron chi connectivity index (χ4n) is 4.63. The Balaban J connectivity index is 1.36. The molecule has 0 saturated heterocycles. The standard InChI is InChI=1S/C24H32FNO/c1-2-18-3-9-21(10-4-18)22-11-5-20(6-12-22)17-27-24-13-7-19(8-14-24)15-23(25)16-26/h3-4,9-10,15,19-20,22,24H,2,5-8,11-14,17H2,1H3. The molecule has 0 aromatic heterocycles. The second kappa shape index (κ2) is 10.0. The summed E-state index contributed by atoms with van der Waals surface area (Å²) < 4.78 is 19.3. The van der Waals surface area contributed by atoms with Crippen LogP contribution in [0.25, 0.3) is 0 Å². The monoisotopic (exact) mass is 369 g/mol. The smallest absolute Gasteiger partial charge is 0.196 e. The van der Waals surface area contributed by atoms with Crippen LogP contribution in [0.1, 0.15) is 75.3 Å². The minimum atomic E-state index is -0.638. The first-order valence-electron chi connectivity index (χ1n) is 10.7. The molecule has 0 amide bonds. The predicted octanol–water partition coefficient (Wildman–Crippen LogP) is 6.48. The Morgan fingerprint density at radius 1 is 1.07 bits per heavy atom. The molecule has 146 valence electrons. The molecular weight excluding hydrogens is 337 g/mol. The summed E-state index contributed by atoms with van der Waals surface area (Å²) in [7, 11) is 0. The lowest BCUT2D eigenvalue weighted by molar-refractivity contribution is -0.00465. The Hall–Kier alpha value is -1.66. The van der Waals surface area contributed by atoms with Crippen molar-refractivity contribution in [3.8, 4) is 6.07 Å². The number of nitrogens with zero attached hydrogens (tertiary/aromatic N) is 1. The Morgan fingerprint density at radius 2 is 1.74 bits per heavy atom. The van der Waals surface area contributed by atoms with Gasteiger partial charge in [-0.25, -0.2) is 0 Å². The van der Waals surface area contributed by atoms with Crippen LogP contribution in [-0.4, -0.2) is 12.7 Å². The van der Waals surface area contributed by atoms with E-state index in [-0.39, 0.29) is 5.92 Å². The topological polar surface area (TPSA) is 33.0 Å². The van der Waals surface area contributed by atoms with Crippen molar-refractivity contribution in [2.75, 3.05) is 6.61 Å². The number of benzene rings is 1. The third-order valence-corrected chi connectivity index (χ3v) is 6.48. The van der Waals surface area contributed by atoms with Gasteiger partial charge in [-0.1, -0.05) is 31.2 Å². The predicted molar refractivity (Wildman–Crippen MR) is 107 cm³/mol. The summed E-state index contributed by atoms with van der Waals surface area (Å²) in [5.74, 6) is 0.966. The molecule has 3 heteroatoms. The first-order chi connectivity index (χ1) is 13.2. The van der Waals surface area contributed by atoms with Crippen molar-refractivity contribution in [1.82, 2.24) is 0 Å². The van der Waals surface area contributed by atoms with E-state index in [1.807, 2.05) is 0 Å². The summed E-state index contributed by atoms with van der Waals surface area (Å²) in [6.07, 6.45) is 11.8. The first-order valence-corrected chi connectivity index (χ1v) is 10.7. The van der Waals surface area contributed by atoms with Crippen LogP contribution in [0, 0.1) is 23.2 Å². The lowest BCUT2D eigenvalue weighted by Crippen LogP contribution is -2.25. The maximum Gasteiger partial charge on any atom is 0.196 e. The van der Waals surface area contributed by atoms with Crippen LogP contribution >= 0.6 is 0 Å². The number of ether oxygens (including phenoxy) is 1. The largest absolute Gasteiger partial charge is 0.378 e. The summed E-state index contributed by atoms with van der Waals surface area (Å²) >= 11 is 0. The highest BCUT2D eigenvalue weighted by atomic mass is 19.1. The van der Waals surface area contributed by atoms with Gasteiger partial charge >= 0.3 is 0 Å². The normalized spacial score (nSPS) is 29.3. The van der Waals surface area contributed by atoms with Gasteiger partial charge in [0.25, 0.3) is 0 Å². The van der Waals surface area contributed by atoms with E-state index in [0.29, 0.717) is 17.9 Å². The SMILES string of the molecule is CCc1ccc(C2CCC(COC3CCC(C=C(F)C#N)CC3)CC2)cc1. The third kappa shape index (κ3) is 5.91. The summed E-state index contributed by atoms with van der Waals surface area (Å²) in [5.41, 5.74) is 2.92. The zero-order chi connectivity index (χ0) is 19.1. The van der Waals surface area contributed by atoms with E-state index in [0.717, 1.165) is 38.7 Å². The third-order valence-electron chi connectivity index (χ3n) is 6.48. The van der Waals surface area contributed by atoms with Crippen molar-refractivity contribution in [2.45, 2.75) is 76.7 Å². The van der Waals surface area contributed by atoms with Gasteiger partial charge in [0.2, 0.25) is 0 Å². The van der Waals surface area contributed by atoms with Crippen molar-refractivity contribution in [1.29, 1.82) is 5.26 Å². The van der Waals surface area contributed by atoms with Gasteiger partial charge < -0.3 is 4.74 Å². The van der Waals surface area contributed by atoms with Crippen LogP contribution in [-0.2, 0) is 11.2 Å². The molecule has 0 spiro atoms. The van der Waals surface area contributed by atoms with Crippen LogP contribution in [0.15, 0.2) is 36.2 Å². The molecule has 0 heterocycles. The molecular formula is C24H32FNO. The highest BCUT2D eigenvalue weighted by molar-refractivity contribution is 5.25. The zero-order valence-corrected chi connectivity index (χ0v) is 16.5. The number of aryl methyl sites for hydroxylation is 1. The van der Waals surface area contributed by atoms with E-state index in [1.54, 1.807) is 6.07 Å². The first kappa shape index (κ1) is 20.1. The van der Waals surface area contributed by atoms with Crippen molar-refractivity contribution >= 4 is 0 Å². The molecule has 2 fully saturated rings. The molecule has 0 unspecified atom stereocenters. The van der Waals surface area contributed by atoms with Crippen LogP contribution in [0.2, 0.25) is 0 Å². The van der Waals surface area contributed by atoms with Crippen LogP contribution < -0.4 is 0 Å². The van der Waals surface area contributed by atoms with E-state index >= 15 is 0 Å². The second-order valence-electron chi connectivity index (χ2n) is 8.31. The molecule has 1 aromatic rings. The maximum atomic E-state index is 13.1. The summed E-state index contributed by atoms with van der Waals surface area (Å²) in [6.45, 7) is 3.08. The van der Waals surface area contributed by atoms with Crippen molar-refractivity contribution in [2.24, 2.45) is 11.8 Å². The number of nitriles is 1. The lowest BCUT2D eigenvalue weighted by Gasteiger charge is -2.32. The van der Waals surface area contributed by atoms with Gasteiger partial charge in [0.05, 0.1) is 6.10 Å². The van der Waals surface area contributed by atoms with Crippen LogP contribution in [0.5, 0.6) is 0 Å². The fourth-order valence-corrected chi connectivity index (χ4v) is 4.63. The van der Waals surface area contributed by atoms with E-state index < -0.39 is 5.83 Å². The molecule has 2 aliphatic rings. The number of hydrogen-bond acceptors (Lipinski definition) is 2. The number of allylic oxidation sites excluding steroid dienone is 2.